The summed E-state index contributed by atoms with van der Waals surface area (Å²) in [6.07, 6.45) is 6.59. The van der Waals surface area contributed by atoms with E-state index in [1.54, 1.807) is 0 Å². The third-order valence-corrected chi connectivity index (χ3v) is 13.9. The van der Waals surface area contributed by atoms with Gasteiger partial charge in [-0.15, -0.1) is 0 Å². The molecule has 0 N–H and O–H groups in total. The maximum Gasteiger partial charge on any atom is 0.235 e. The van der Waals surface area contributed by atoms with Gasteiger partial charge in [-0.3, -0.25) is 4.57 Å². The standard InChI is InChI=1S/C62H40N4/c1-3-14-42-33-47(25-21-39(42)11-1)56-38-57(48-26-22-40-12-2-4-15-43(40)34-48)64-62(63-56)66-59-20-10-8-18-53(59)55-37-45(28-32-61(55)66)44-27-31-60-54(36-44)52-17-7-9-19-58(52)65(60)49-29-30-51-46(35-49)24-23-41-13-5-6-16-50(41)51/h1-3,5-14,16-38H,4,15H2. The van der Waals surface area contributed by atoms with E-state index in [9.17, 15) is 0 Å². The molecule has 0 unspecified atom stereocenters. The highest BCUT2D eigenvalue weighted by molar-refractivity contribution is 6.13. The average molecular weight is 841 g/mol. The molecule has 3 aromatic heterocycles. The number of aromatic nitrogens is 4. The van der Waals surface area contributed by atoms with Crippen LogP contribution < -0.4 is 0 Å². The minimum atomic E-state index is 0.656. The van der Waals surface area contributed by atoms with Crippen LogP contribution in [0.3, 0.4) is 0 Å². The molecule has 66 heavy (non-hydrogen) atoms. The Kier molecular flexibility index (Phi) is 8.07. The second-order valence-corrected chi connectivity index (χ2v) is 17.7. The molecule has 0 bridgehead atoms. The number of allylic oxidation sites excluding steroid dienone is 1. The second kappa shape index (κ2) is 14.5. The molecule has 14 rings (SSSR count). The lowest BCUT2D eigenvalue weighted by Gasteiger charge is -2.15. The smallest absolute Gasteiger partial charge is 0.235 e. The summed E-state index contributed by atoms with van der Waals surface area (Å²) in [5, 5.41) is 12.2. The van der Waals surface area contributed by atoms with Gasteiger partial charge >= 0.3 is 0 Å². The number of rotatable bonds is 5. The van der Waals surface area contributed by atoms with Gasteiger partial charge in [0, 0.05) is 38.4 Å². The van der Waals surface area contributed by atoms with Crippen LogP contribution in [0.5, 0.6) is 0 Å². The van der Waals surface area contributed by atoms with Gasteiger partial charge in [0.05, 0.1) is 33.5 Å². The van der Waals surface area contributed by atoms with Crippen LogP contribution >= 0.6 is 0 Å². The van der Waals surface area contributed by atoms with Gasteiger partial charge in [0.1, 0.15) is 0 Å². The van der Waals surface area contributed by atoms with Crippen molar-refractivity contribution >= 4 is 82.0 Å². The topological polar surface area (TPSA) is 35.6 Å². The van der Waals surface area contributed by atoms with Crippen LogP contribution in [0.2, 0.25) is 0 Å². The molecule has 0 fully saturated rings. The van der Waals surface area contributed by atoms with Crippen LogP contribution in [0.25, 0.3) is 127 Å². The summed E-state index contributed by atoms with van der Waals surface area (Å²) in [4.78, 5) is 10.8. The Bertz CT molecular complexity index is 4180. The van der Waals surface area contributed by atoms with E-state index in [1.165, 1.54) is 70.8 Å². The molecule has 13 aromatic rings. The number of nitrogens with zero attached hydrogens (tertiary/aromatic N) is 4. The normalized spacial score (nSPS) is 12.7. The van der Waals surface area contributed by atoms with Crippen LogP contribution in [0.1, 0.15) is 17.5 Å². The summed E-state index contributed by atoms with van der Waals surface area (Å²) in [6.45, 7) is 0. The van der Waals surface area contributed by atoms with Crippen molar-refractivity contribution in [2.24, 2.45) is 0 Å². The van der Waals surface area contributed by atoms with E-state index in [4.69, 9.17) is 9.97 Å². The molecule has 0 radical (unpaired) electrons. The summed E-state index contributed by atoms with van der Waals surface area (Å²) in [5.41, 5.74) is 14.6. The zero-order valence-corrected chi connectivity index (χ0v) is 36.0. The SMILES string of the molecule is C1=Cc2ccc(-c3cc(-c4ccc5ccccc5c4)nc(-n4c5ccccc5c5cc(-c6ccc7c(c6)c6ccccc6n7-c6ccc7c(ccc8ccccc87)c6)ccc54)n3)cc2CC1. The van der Waals surface area contributed by atoms with Crippen molar-refractivity contribution in [3.63, 3.8) is 0 Å². The Balaban J connectivity index is 0.924. The fraction of sp³-hybridized carbons (Fsp3) is 0.0323. The lowest BCUT2D eigenvalue weighted by atomic mass is 9.94. The molecule has 0 saturated carbocycles. The van der Waals surface area contributed by atoms with Crippen LogP contribution in [0.4, 0.5) is 0 Å². The third-order valence-electron chi connectivity index (χ3n) is 13.9. The number of para-hydroxylation sites is 2. The van der Waals surface area contributed by atoms with E-state index in [0.717, 1.165) is 68.4 Å². The second-order valence-electron chi connectivity index (χ2n) is 17.7. The Labute approximate surface area is 381 Å². The molecular weight excluding hydrogens is 801 g/mol. The lowest BCUT2D eigenvalue weighted by Crippen LogP contribution is -2.04. The predicted octanol–water partition coefficient (Wildman–Crippen LogP) is 16.1. The molecule has 1 aliphatic carbocycles. The molecule has 4 nitrogen and oxygen atoms in total. The lowest BCUT2D eigenvalue weighted by molar-refractivity contribution is 0.981. The van der Waals surface area contributed by atoms with Crippen LogP contribution in [-0.4, -0.2) is 19.1 Å². The third kappa shape index (κ3) is 5.78. The Morgan fingerprint density at radius 2 is 0.909 bits per heavy atom. The van der Waals surface area contributed by atoms with Gasteiger partial charge in [0.25, 0.3) is 0 Å². The number of benzene rings is 10. The first-order valence-electron chi connectivity index (χ1n) is 22.9. The van der Waals surface area contributed by atoms with Crippen LogP contribution in [0, 0.1) is 0 Å². The molecule has 0 amide bonds. The highest BCUT2D eigenvalue weighted by Gasteiger charge is 2.20. The van der Waals surface area contributed by atoms with E-state index in [0.29, 0.717) is 5.95 Å². The zero-order chi connectivity index (χ0) is 43.3. The van der Waals surface area contributed by atoms with E-state index in [-0.39, 0.29) is 0 Å². The van der Waals surface area contributed by atoms with E-state index < -0.39 is 0 Å². The monoisotopic (exact) mass is 840 g/mol. The Morgan fingerprint density at radius 1 is 0.348 bits per heavy atom. The summed E-state index contributed by atoms with van der Waals surface area (Å²) in [5.74, 6) is 0.656. The number of hydrogen-bond acceptors (Lipinski definition) is 2. The van der Waals surface area contributed by atoms with Gasteiger partial charge in [-0.1, -0.05) is 152 Å². The van der Waals surface area contributed by atoms with Gasteiger partial charge in [-0.25, -0.2) is 9.97 Å². The maximum absolute atomic E-state index is 5.42. The van der Waals surface area contributed by atoms with Crippen LogP contribution in [-0.2, 0) is 6.42 Å². The first-order valence-corrected chi connectivity index (χ1v) is 22.9. The van der Waals surface area contributed by atoms with Crippen molar-refractivity contribution in [2.45, 2.75) is 12.8 Å². The molecule has 3 heterocycles. The molecule has 1 aliphatic rings. The van der Waals surface area contributed by atoms with Crippen molar-refractivity contribution < 1.29 is 0 Å². The van der Waals surface area contributed by atoms with Crippen molar-refractivity contribution in [1.82, 2.24) is 19.1 Å². The molecule has 4 heteroatoms. The van der Waals surface area contributed by atoms with Crippen LogP contribution in [0.15, 0.2) is 212 Å². The maximum atomic E-state index is 5.42. The minimum absolute atomic E-state index is 0.656. The Hall–Kier alpha value is -8.60. The van der Waals surface area contributed by atoms with Crippen molar-refractivity contribution in [3.8, 4) is 45.3 Å². The fourth-order valence-electron chi connectivity index (χ4n) is 10.7. The summed E-state index contributed by atoms with van der Waals surface area (Å²) < 4.78 is 4.67. The van der Waals surface area contributed by atoms with Crippen molar-refractivity contribution in [2.75, 3.05) is 0 Å². The number of aryl methyl sites for hydroxylation is 1. The van der Waals surface area contributed by atoms with E-state index in [1.807, 2.05) is 0 Å². The summed E-state index contributed by atoms with van der Waals surface area (Å²) in [7, 11) is 0. The van der Waals surface area contributed by atoms with Gasteiger partial charge in [-0.2, -0.15) is 0 Å². The number of fused-ring (bicyclic) bond motifs is 11. The van der Waals surface area contributed by atoms with Gasteiger partial charge in [0.15, 0.2) is 0 Å². The van der Waals surface area contributed by atoms with Gasteiger partial charge in [0.2, 0.25) is 5.95 Å². The molecule has 10 aromatic carbocycles. The average Bonchev–Trinajstić information content (AvgIpc) is 3.90. The Morgan fingerprint density at radius 3 is 1.68 bits per heavy atom. The molecule has 308 valence electrons. The minimum Gasteiger partial charge on any atom is -0.309 e. The quantitative estimate of drug-likeness (QED) is 0.162. The van der Waals surface area contributed by atoms with Gasteiger partial charge < -0.3 is 4.57 Å². The van der Waals surface area contributed by atoms with Crippen molar-refractivity contribution in [1.29, 1.82) is 0 Å². The summed E-state index contributed by atoms with van der Waals surface area (Å²) in [6, 6.07) is 75.4. The highest BCUT2D eigenvalue weighted by atomic mass is 15.2. The molecule has 0 atom stereocenters. The van der Waals surface area contributed by atoms with E-state index in [2.05, 4.69) is 228 Å². The van der Waals surface area contributed by atoms with Crippen molar-refractivity contribution in [3.05, 3.63) is 223 Å². The largest absolute Gasteiger partial charge is 0.309 e. The number of hydrogen-bond donors (Lipinski definition) is 0. The molecule has 0 aliphatic heterocycles. The zero-order valence-electron chi connectivity index (χ0n) is 36.0. The predicted molar refractivity (Wildman–Crippen MR) is 277 cm³/mol. The first-order chi connectivity index (χ1) is 32.7. The molecule has 0 spiro atoms. The van der Waals surface area contributed by atoms with Gasteiger partial charge in [-0.05, 0) is 134 Å². The molecule has 0 saturated heterocycles. The fourth-order valence-corrected chi connectivity index (χ4v) is 10.7. The summed E-state index contributed by atoms with van der Waals surface area (Å²) >= 11 is 0. The molecular formula is C62H40N4. The first kappa shape index (κ1) is 36.8. The van der Waals surface area contributed by atoms with E-state index >= 15 is 0 Å². The highest BCUT2D eigenvalue weighted by Crippen LogP contribution is 2.40.